The largest absolute Gasteiger partial charge is 0.452 e. The van der Waals surface area contributed by atoms with Crippen molar-refractivity contribution < 1.29 is 27.0 Å². The predicted octanol–water partition coefficient (Wildman–Crippen LogP) is 4.74. The van der Waals surface area contributed by atoms with Gasteiger partial charge in [0.2, 0.25) is 0 Å². The molecule has 11 nitrogen and oxygen atoms in total. The van der Waals surface area contributed by atoms with Crippen LogP contribution in [-0.2, 0) is 10.9 Å². The van der Waals surface area contributed by atoms with Gasteiger partial charge >= 0.3 is 11.9 Å². The van der Waals surface area contributed by atoms with Crippen molar-refractivity contribution >= 4 is 16.9 Å². The van der Waals surface area contributed by atoms with Gasteiger partial charge < -0.3 is 14.8 Å². The van der Waals surface area contributed by atoms with Crippen LogP contribution in [0, 0.1) is 5.82 Å². The summed E-state index contributed by atoms with van der Waals surface area (Å²) in [6.07, 6.45) is -1.64. The van der Waals surface area contributed by atoms with Gasteiger partial charge in [-0.05, 0) is 26.0 Å². The van der Waals surface area contributed by atoms with Gasteiger partial charge in [0, 0.05) is 47.9 Å². The molecule has 5 heterocycles. The van der Waals surface area contributed by atoms with Gasteiger partial charge in [0.05, 0.1) is 6.20 Å². The lowest BCUT2D eigenvalue weighted by atomic mass is 10.1. The second-order valence-corrected chi connectivity index (χ2v) is 9.19. The van der Waals surface area contributed by atoms with E-state index in [9.17, 15) is 18.0 Å². The highest BCUT2D eigenvalue weighted by Crippen LogP contribution is 2.45. The molecule has 40 heavy (non-hydrogen) atoms. The average Bonchev–Trinajstić information content (AvgIpc) is 3.34. The first-order valence-corrected chi connectivity index (χ1v) is 12.0. The Kier molecular flexibility index (Phi) is 6.02. The van der Waals surface area contributed by atoms with Crippen molar-refractivity contribution in [1.29, 1.82) is 0 Å². The van der Waals surface area contributed by atoms with Gasteiger partial charge in [0.25, 0.3) is 0 Å². The number of hydrogen-bond acceptors (Lipinski definition) is 8. The molecule has 15 heteroatoms. The predicted molar refractivity (Wildman–Crippen MR) is 133 cm³/mol. The average molecular weight is 556 g/mol. The van der Waals surface area contributed by atoms with E-state index in [2.05, 4.69) is 30.4 Å². The summed E-state index contributed by atoms with van der Waals surface area (Å²) in [7, 11) is 0. The fourth-order valence-electron chi connectivity index (χ4n) is 4.45. The summed E-state index contributed by atoms with van der Waals surface area (Å²) in [5, 5.41) is 6.73. The van der Waals surface area contributed by atoms with E-state index in [4.69, 9.17) is 9.47 Å². The topological polar surface area (TPSA) is 128 Å². The maximum absolute atomic E-state index is 15.0. The first kappa shape index (κ1) is 25.5. The van der Waals surface area contributed by atoms with Crippen LogP contribution in [0.3, 0.4) is 0 Å². The first-order valence-electron chi connectivity index (χ1n) is 12.0. The summed E-state index contributed by atoms with van der Waals surface area (Å²) in [5.41, 5.74) is -0.634. The fraction of sp³-hybridized carbons (Fsp3) is 0.240. The van der Waals surface area contributed by atoms with E-state index in [1.54, 1.807) is 0 Å². The molecule has 2 N–H and O–H groups in total. The second kappa shape index (κ2) is 9.44. The number of pyridine rings is 1. The molecule has 0 saturated carbocycles. The molecule has 5 aromatic rings. The number of nitrogens with zero attached hydrogens (tertiary/aromatic N) is 6. The summed E-state index contributed by atoms with van der Waals surface area (Å²) < 4.78 is 70.2. The maximum Gasteiger partial charge on any atom is 0.433 e. The van der Waals surface area contributed by atoms with E-state index in [-0.39, 0.29) is 40.3 Å². The Hall–Kier alpha value is -4.79. The van der Waals surface area contributed by atoms with Gasteiger partial charge in [0.15, 0.2) is 40.7 Å². The normalized spacial score (nSPS) is 17.0. The lowest BCUT2D eigenvalue weighted by molar-refractivity contribution is -0.143. The number of aromatic nitrogens is 7. The van der Waals surface area contributed by atoms with Crippen molar-refractivity contribution in [3.8, 4) is 17.3 Å². The van der Waals surface area contributed by atoms with E-state index in [0.29, 0.717) is 15.8 Å². The van der Waals surface area contributed by atoms with Crippen molar-refractivity contribution in [2.45, 2.75) is 38.4 Å². The third kappa shape index (κ3) is 4.53. The molecule has 1 aliphatic heterocycles. The molecular formula is C25H20F4N8O3. The van der Waals surface area contributed by atoms with Crippen LogP contribution in [0.5, 0.6) is 11.5 Å². The molecular weight excluding hydrogens is 536 g/mol. The highest BCUT2D eigenvalue weighted by atomic mass is 19.4. The van der Waals surface area contributed by atoms with Crippen LogP contribution >= 0.6 is 0 Å². The second-order valence-electron chi connectivity index (χ2n) is 9.19. The highest BCUT2D eigenvalue weighted by molar-refractivity contribution is 5.78. The monoisotopic (exact) mass is 556 g/mol. The molecule has 6 rings (SSSR count). The molecule has 2 atom stereocenters. The number of hydrogen-bond donors (Lipinski definition) is 2. The van der Waals surface area contributed by atoms with Gasteiger partial charge in [0.1, 0.15) is 17.9 Å². The maximum atomic E-state index is 15.0. The summed E-state index contributed by atoms with van der Waals surface area (Å²) in [6.45, 7) is 3.64. The van der Waals surface area contributed by atoms with E-state index in [1.807, 2.05) is 13.8 Å². The fourth-order valence-corrected chi connectivity index (χ4v) is 4.45. The van der Waals surface area contributed by atoms with Crippen molar-refractivity contribution in [1.82, 2.24) is 34.3 Å². The molecule has 0 aliphatic carbocycles. The Morgan fingerprint density at radius 2 is 1.95 bits per heavy atom. The number of aromatic amines is 1. The molecule has 206 valence electrons. The van der Waals surface area contributed by atoms with Crippen LogP contribution in [0.2, 0.25) is 0 Å². The Bertz CT molecular complexity index is 1760. The van der Waals surface area contributed by atoms with Crippen molar-refractivity contribution in [2.24, 2.45) is 0 Å². The minimum Gasteiger partial charge on any atom is -0.452 e. The zero-order valence-corrected chi connectivity index (χ0v) is 20.8. The summed E-state index contributed by atoms with van der Waals surface area (Å²) >= 11 is 0. The molecule has 1 aromatic carbocycles. The lowest BCUT2D eigenvalue weighted by Crippen LogP contribution is -2.18. The first-order chi connectivity index (χ1) is 19.1. The number of benzene rings is 1. The van der Waals surface area contributed by atoms with Gasteiger partial charge in [-0.15, -0.1) is 0 Å². The van der Waals surface area contributed by atoms with Crippen LogP contribution in [0.4, 0.5) is 23.2 Å². The standard InChI is InChI=1S/C25H20F4N8O3/c1-12(2)36-19-17(5-8-31-22(19)35-24(36)38)39-16-4-3-13(9-15(16)26)34-23-20(40-23)14-10-33-37(21(14)25(27,28)29)18-6-7-30-11-32-18/h3-12,20,23,34H,1-2H3,(H,31,35,38). The summed E-state index contributed by atoms with van der Waals surface area (Å²) in [6, 6.07) is 6.60. The van der Waals surface area contributed by atoms with Gasteiger partial charge in [-0.25, -0.2) is 28.8 Å². The molecule has 1 aliphatic rings. The Morgan fingerprint density at radius 3 is 2.65 bits per heavy atom. The van der Waals surface area contributed by atoms with Crippen LogP contribution in [0.15, 0.2) is 60.0 Å². The summed E-state index contributed by atoms with van der Waals surface area (Å²) in [5.74, 6) is -0.690. The third-order valence-electron chi connectivity index (χ3n) is 6.20. The van der Waals surface area contributed by atoms with Crippen molar-refractivity contribution in [3.63, 3.8) is 0 Å². The number of epoxide rings is 1. The van der Waals surface area contributed by atoms with Crippen LogP contribution in [0.1, 0.15) is 37.3 Å². The third-order valence-corrected chi connectivity index (χ3v) is 6.20. The molecule has 2 unspecified atom stereocenters. The molecule has 1 fully saturated rings. The Labute approximate surface area is 222 Å². The van der Waals surface area contributed by atoms with Crippen LogP contribution in [-0.4, -0.2) is 40.5 Å². The minimum atomic E-state index is -4.74. The van der Waals surface area contributed by atoms with E-state index < -0.39 is 30.0 Å². The molecule has 0 bridgehead atoms. The minimum absolute atomic E-state index is 0.0482. The molecule has 0 amide bonds. The quantitative estimate of drug-likeness (QED) is 0.217. The zero-order chi connectivity index (χ0) is 28.2. The summed E-state index contributed by atoms with van der Waals surface area (Å²) in [4.78, 5) is 26.7. The van der Waals surface area contributed by atoms with Gasteiger partial charge in [-0.3, -0.25) is 9.55 Å². The Balaban J connectivity index is 1.22. The number of H-pyrrole nitrogens is 1. The number of imidazole rings is 1. The number of halogens is 4. The van der Waals surface area contributed by atoms with Crippen LogP contribution in [0.25, 0.3) is 17.0 Å². The lowest BCUT2D eigenvalue weighted by Gasteiger charge is -2.13. The molecule has 1 saturated heterocycles. The van der Waals surface area contributed by atoms with Crippen LogP contribution < -0.4 is 15.7 Å². The van der Waals surface area contributed by atoms with E-state index >= 15 is 4.39 Å². The van der Waals surface area contributed by atoms with Crippen molar-refractivity contribution in [3.05, 3.63) is 82.8 Å². The zero-order valence-electron chi connectivity index (χ0n) is 20.8. The number of rotatable bonds is 7. The number of fused-ring (bicyclic) bond motifs is 1. The number of ether oxygens (including phenoxy) is 2. The highest BCUT2D eigenvalue weighted by Gasteiger charge is 2.49. The smallest absolute Gasteiger partial charge is 0.433 e. The van der Waals surface area contributed by atoms with Gasteiger partial charge in [-0.1, -0.05) is 0 Å². The van der Waals surface area contributed by atoms with Gasteiger partial charge in [-0.2, -0.15) is 18.3 Å². The number of alkyl halides is 3. The molecule has 0 spiro atoms. The van der Waals surface area contributed by atoms with Crippen molar-refractivity contribution in [2.75, 3.05) is 5.32 Å². The number of anilines is 1. The Morgan fingerprint density at radius 1 is 1.12 bits per heavy atom. The van der Waals surface area contributed by atoms with E-state index in [1.165, 1.54) is 41.2 Å². The number of nitrogens with one attached hydrogen (secondary N) is 2. The molecule has 4 aromatic heterocycles. The van der Waals surface area contributed by atoms with E-state index in [0.717, 1.165) is 18.6 Å². The molecule has 0 radical (unpaired) electrons. The SMILES string of the molecule is CC(C)n1c(=O)[nH]c2nccc(Oc3ccc(NC4OC4c4cnn(-c5ccncn5)c4C(F)(F)F)cc3F)c21.